The molecule has 9 N–H and O–H groups in total. The van der Waals surface area contributed by atoms with Gasteiger partial charge in [-0.3, -0.25) is 14.5 Å². The highest BCUT2D eigenvalue weighted by molar-refractivity contribution is 6.22. The number of benzene rings is 1. The normalized spacial score (nSPS) is 37.5. The molecule has 0 saturated heterocycles. The highest BCUT2D eigenvalue weighted by Gasteiger charge is 2.76. The second-order valence-corrected chi connectivity index (χ2v) is 9.51. The maximum atomic E-state index is 17.1. The standard InChI is InChI=1S/C23H26FN3O7/c1-9-12-10(6-5-7-11(12)28)20(2,33)22(26)8-21(24)16(27(3)4)15(29)13(19(25)32)17(30)23(21,34)18(31)14(9)22/h5-7,16,28,30-31,33-34H,1,8,26H2,2-4H3,(H2,25,32)/t16-,20-,21-,22-,23-/m1/s1. The van der Waals surface area contributed by atoms with Crippen LogP contribution in [0, 0.1) is 0 Å². The zero-order chi connectivity index (χ0) is 25.8. The highest BCUT2D eigenvalue weighted by Crippen LogP contribution is 2.63. The molecule has 34 heavy (non-hydrogen) atoms. The first-order valence-electron chi connectivity index (χ1n) is 10.3. The van der Waals surface area contributed by atoms with Crippen LogP contribution in [-0.2, 0) is 15.2 Å². The maximum Gasteiger partial charge on any atom is 0.255 e. The minimum absolute atomic E-state index is 0.0141. The molecule has 11 heteroatoms. The van der Waals surface area contributed by atoms with Crippen LogP contribution in [0.2, 0.25) is 0 Å². The molecule has 0 saturated carbocycles. The Bertz CT molecular complexity index is 1250. The largest absolute Gasteiger partial charge is 0.508 e. The van der Waals surface area contributed by atoms with Crippen LogP contribution in [0.25, 0.3) is 5.57 Å². The second-order valence-electron chi connectivity index (χ2n) is 9.51. The Labute approximate surface area is 193 Å². The van der Waals surface area contributed by atoms with E-state index in [1.165, 1.54) is 39.2 Å². The lowest BCUT2D eigenvalue weighted by Crippen LogP contribution is -2.78. The van der Waals surface area contributed by atoms with E-state index >= 15 is 4.39 Å². The molecule has 1 aromatic rings. The Kier molecular flexibility index (Phi) is 4.68. The second kappa shape index (κ2) is 6.66. The number of aliphatic hydroxyl groups excluding tert-OH is 2. The number of phenolic OH excluding ortho intramolecular Hbond substituents is 1. The fourth-order valence-electron chi connectivity index (χ4n) is 5.79. The van der Waals surface area contributed by atoms with Crippen LogP contribution in [-0.4, -0.2) is 79.1 Å². The van der Waals surface area contributed by atoms with Crippen molar-refractivity contribution in [3.63, 3.8) is 0 Å². The van der Waals surface area contributed by atoms with Gasteiger partial charge in [0, 0.05) is 17.6 Å². The number of amides is 1. The quantitative estimate of drug-likeness (QED) is 0.284. The Morgan fingerprint density at radius 1 is 1.21 bits per heavy atom. The van der Waals surface area contributed by atoms with Gasteiger partial charge in [0.25, 0.3) is 5.91 Å². The molecule has 0 aliphatic heterocycles. The van der Waals surface area contributed by atoms with Crippen LogP contribution in [0.3, 0.4) is 0 Å². The molecule has 3 aliphatic carbocycles. The molecule has 1 amide bonds. The van der Waals surface area contributed by atoms with Gasteiger partial charge in [0.2, 0.25) is 5.60 Å². The molecule has 0 aromatic heterocycles. The van der Waals surface area contributed by atoms with Crippen molar-refractivity contribution in [1.29, 1.82) is 0 Å². The summed E-state index contributed by atoms with van der Waals surface area (Å²) in [6, 6.07) is 2.22. The first-order valence-corrected chi connectivity index (χ1v) is 10.3. The molecule has 0 heterocycles. The van der Waals surface area contributed by atoms with Gasteiger partial charge in [0.05, 0.1) is 5.54 Å². The number of ketones is 1. The van der Waals surface area contributed by atoms with Gasteiger partial charge < -0.3 is 37.0 Å². The Morgan fingerprint density at radius 2 is 1.79 bits per heavy atom. The van der Waals surface area contributed by atoms with E-state index < -0.39 is 69.2 Å². The fraction of sp³-hybridized carbons (Fsp3) is 0.391. The summed E-state index contributed by atoms with van der Waals surface area (Å²) in [7, 11) is 2.58. The first kappa shape index (κ1) is 23.9. The number of phenols is 1. The molecule has 3 aliphatic rings. The summed E-state index contributed by atoms with van der Waals surface area (Å²) in [5, 5.41) is 55.8. The van der Waals surface area contributed by atoms with Gasteiger partial charge in [0.1, 0.15) is 28.7 Å². The summed E-state index contributed by atoms with van der Waals surface area (Å²) in [6.07, 6.45) is -0.998. The van der Waals surface area contributed by atoms with E-state index in [4.69, 9.17) is 11.5 Å². The van der Waals surface area contributed by atoms with Gasteiger partial charge >= 0.3 is 0 Å². The number of Topliss-reactive ketones (excluding diaryl/α,β-unsaturated/α-hetero) is 1. The number of hydrogen-bond donors (Lipinski definition) is 7. The van der Waals surface area contributed by atoms with Crippen LogP contribution in [0.15, 0.2) is 47.4 Å². The molecule has 4 rings (SSSR count). The predicted octanol–water partition coefficient (Wildman–Crippen LogP) is -0.210. The van der Waals surface area contributed by atoms with Crippen LogP contribution >= 0.6 is 0 Å². The van der Waals surface area contributed by atoms with E-state index in [1.54, 1.807) is 0 Å². The number of alkyl halides is 1. The summed E-state index contributed by atoms with van der Waals surface area (Å²) in [6.45, 7) is 5.07. The molecule has 1 aromatic carbocycles. The van der Waals surface area contributed by atoms with E-state index in [9.17, 15) is 35.1 Å². The van der Waals surface area contributed by atoms with Crippen molar-refractivity contribution in [1.82, 2.24) is 4.90 Å². The molecule has 0 spiro atoms. The van der Waals surface area contributed by atoms with Gasteiger partial charge in [-0.2, -0.15) is 0 Å². The Balaban J connectivity index is 2.19. The van der Waals surface area contributed by atoms with Gasteiger partial charge in [-0.15, -0.1) is 0 Å². The molecule has 0 unspecified atom stereocenters. The summed E-state index contributed by atoms with van der Waals surface area (Å²) in [4.78, 5) is 26.2. The number of nitrogens with two attached hydrogens (primary N) is 2. The van der Waals surface area contributed by atoms with Gasteiger partial charge in [-0.05, 0) is 38.2 Å². The summed E-state index contributed by atoms with van der Waals surface area (Å²) < 4.78 is 17.1. The van der Waals surface area contributed by atoms with Gasteiger partial charge in [0.15, 0.2) is 17.2 Å². The molecule has 0 fully saturated rings. The molecule has 5 atom stereocenters. The van der Waals surface area contributed by atoms with Crippen LogP contribution in [0.4, 0.5) is 4.39 Å². The smallest absolute Gasteiger partial charge is 0.255 e. The monoisotopic (exact) mass is 475 g/mol. The average molecular weight is 475 g/mol. The van der Waals surface area contributed by atoms with Gasteiger partial charge in [-0.25, -0.2) is 4.39 Å². The third kappa shape index (κ3) is 2.37. The predicted molar refractivity (Wildman–Crippen MR) is 118 cm³/mol. The number of aromatic hydroxyl groups is 1. The van der Waals surface area contributed by atoms with Crippen molar-refractivity contribution < 1.29 is 39.5 Å². The van der Waals surface area contributed by atoms with Crippen LogP contribution in [0.1, 0.15) is 24.5 Å². The van der Waals surface area contributed by atoms with Crippen molar-refractivity contribution >= 4 is 17.3 Å². The molecular weight excluding hydrogens is 449 g/mol. The van der Waals surface area contributed by atoms with Crippen molar-refractivity contribution in [2.45, 2.75) is 41.8 Å². The molecule has 0 radical (unpaired) electrons. The van der Waals surface area contributed by atoms with Crippen LogP contribution < -0.4 is 11.5 Å². The number of fused-ring (bicyclic) bond motifs is 3. The zero-order valence-electron chi connectivity index (χ0n) is 18.8. The first-order chi connectivity index (χ1) is 15.5. The number of carbonyl (C=O) groups excluding carboxylic acids is 2. The number of rotatable bonds is 2. The third-order valence-electron chi connectivity index (χ3n) is 7.47. The lowest BCUT2D eigenvalue weighted by molar-refractivity contribution is -0.178. The number of likely N-dealkylation sites (N-methyl/N-ethyl adjacent to an activating group) is 1. The SMILES string of the molecule is C=C1C2=C(O)[C@]3(O)C(O)=C(C(N)=O)C(=O)[C@@H](N(C)C)[C@]3(F)C[C@]2(N)[C@](C)(O)c2cccc(O)c21. The third-order valence-corrected chi connectivity index (χ3v) is 7.47. The topological polar surface area (TPSA) is 191 Å². The lowest BCUT2D eigenvalue weighted by Gasteiger charge is -2.60. The number of primary amides is 1. The van der Waals surface area contributed by atoms with E-state index in [2.05, 4.69) is 6.58 Å². The minimum Gasteiger partial charge on any atom is -0.508 e. The minimum atomic E-state index is -3.35. The highest BCUT2D eigenvalue weighted by atomic mass is 19.1. The van der Waals surface area contributed by atoms with Crippen molar-refractivity contribution in [3.8, 4) is 5.75 Å². The van der Waals surface area contributed by atoms with E-state index in [0.29, 0.717) is 0 Å². The van der Waals surface area contributed by atoms with Crippen molar-refractivity contribution in [2.24, 2.45) is 11.5 Å². The fourth-order valence-corrected chi connectivity index (χ4v) is 5.79. The summed E-state index contributed by atoms with van der Waals surface area (Å²) in [5.74, 6) is -5.75. The zero-order valence-corrected chi connectivity index (χ0v) is 18.8. The van der Waals surface area contributed by atoms with E-state index in [0.717, 1.165) is 4.90 Å². The number of hydrogen-bond acceptors (Lipinski definition) is 9. The number of aliphatic hydroxyl groups is 4. The van der Waals surface area contributed by atoms with Crippen LogP contribution in [0.5, 0.6) is 5.75 Å². The van der Waals surface area contributed by atoms with E-state index in [1.807, 2.05) is 0 Å². The molecular formula is C23H26FN3O7. The average Bonchev–Trinajstić information content (AvgIpc) is 2.69. The summed E-state index contributed by atoms with van der Waals surface area (Å²) in [5.41, 5.74) is -0.714. The summed E-state index contributed by atoms with van der Waals surface area (Å²) >= 11 is 0. The number of nitrogens with zero attached hydrogens (tertiary/aromatic N) is 1. The Hall–Kier alpha value is -3.25. The van der Waals surface area contributed by atoms with Gasteiger partial charge in [-0.1, -0.05) is 18.7 Å². The Morgan fingerprint density at radius 3 is 2.32 bits per heavy atom. The van der Waals surface area contributed by atoms with Crippen molar-refractivity contribution in [3.05, 3.63) is 58.6 Å². The maximum absolute atomic E-state index is 17.1. The molecule has 182 valence electrons. The molecule has 0 bridgehead atoms. The van der Waals surface area contributed by atoms with Crippen molar-refractivity contribution in [2.75, 3.05) is 14.1 Å². The number of halogens is 1. The molecule has 10 nitrogen and oxygen atoms in total. The lowest BCUT2D eigenvalue weighted by atomic mass is 9.50. The number of carbonyl (C=O) groups is 2. The van der Waals surface area contributed by atoms with E-state index in [-0.39, 0.29) is 22.4 Å².